The lowest BCUT2D eigenvalue weighted by Crippen LogP contribution is -2.04. The fraction of sp³-hybridized carbons (Fsp3) is 0.400. The Morgan fingerprint density at radius 2 is 2.11 bits per heavy atom. The lowest BCUT2D eigenvalue weighted by Gasteiger charge is -2.11. The molecule has 0 aliphatic rings. The summed E-state index contributed by atoms with van der Waals surface area (Å²) in [6, 6.07) is 3.73. The van der Waals surface area contributed by atoms with Crippen molar-refractivity contribution in [1.82, 2.24) is 9.55 Å². The highest BCUT2D eigenvalue weighted by molar-refractivity contribution is 5.61. The third-order valence-corrected chi connectivity index (χ3v) is 3.28. The molecule has 1 aromatic carbocycles. The molecule has 102 valence electrons. The van der Waals surface area contributed by atoms with Crippen molar-refractivity contribution in [3.05, 3.63) is 41.5 Å². The Kier molecular flexibility index (Phi) is 4.32. The van der Waals surface area contributed by atoms with E-state index in [-0.39, 0.29) is 5.82 Å². The Balaban J connectivity index is 2.32. The van der Waals surface area contributed by atoms with Crippen LogP contribution in [0.3, 0.4) is 0 Å². The van der Waals surface area contributed by atoms with Gasteiger partial charge in [-0.2, -0.15) is 0 Å². The molecule has 0 atom stereocenters. The number of halogens is 1. The summed E-state index contributed by atoms with van der Waals surface area (Å²) in [5.74, 6) is 0.663. The molecule has 4 heteroatoms. The van der Waals surface area contributed by atoms with Crippen molar-refractivity contribution in [1.29, 1.82) is 0 Å². The van der Waals surface area contributed by atoms with Crippen molar-refractivity contribution in [2.75, 3.05) is 13.7 Å². The van der Waals surface area contributed by atoms with Crippen molar-refractivity contribution in [2.45, 2.75) is 26.8 Å². The topological polar surface area (TPSA) is 27.1 Å². The molecular formula is C15H19FN2O. The molecule has 0 aliphatic heterocycles. The first-order valence-corrected chi connectivity index (χ1v) is 6.41. The van der Waals surface area contributed by atoms with E-state index in [0.717, 1.165) is 24.4 Å². The van der Waals surface area contributed by atoms with E-state index in [9.17, 15) is 4.39 Å². The van der Waals surface area contributed by atoms with Gasteiger partial charge in [-0.25, -0.2) is 9.37 Å². The Bertz CT molecular complexity index is 563. The second kappa shape index (κ2) is 5.97. The molecule has 0 aliphatic carbocycles. The summed E-state index contributed by atoms with van der Waals surface area (Å²) in [6.07, 6.45) is 4.58. The van der Waals surface area contributed by atoms with Crippen LogP contribution < -0.4 is 0 Å². The summed E-state index contributed by atoms with van der Waals surface area (Å²) in [4.78, 5) is 4.35. The number of nitrogens with zero attached hydrogens (tertiary/aromatic N) is 2. The molecule has 2 aromatic rings. The first-order chi connectivity index (χ1) is 9.15. The van der Waals surface area contributed by atoms with E-state index < -0.39 is 0 Å². The van der Waals surface area contributed by atoms with Crippen LogP contribution in [-0.2, 0) is 11.3 Å². The summed E-state index contributed by atoms with van der Waals surface area (Å²) < 4.78 is 21.1. The van der Waals surface area contributed by atoms with E-state index in [2.05, 4.69) is 4.98 Å². The van der Waals surface area contributed by atoms with Crippen LogP contribution in [0.2, 0.25) is 0 Å². The Hall–Kier alpha value is -1.68. The molecule has 3 nitrogen and oxygen atoms in total. The van der Waals surface area contributed by atoms with Gasteiger partial charge in [0, 0.05) is 38.2 Å². The van der Waals surface area contributed by atoms with Crippen molar-refractivity contribution >= 4 is 0 Å². The highest BCUT2D eigenvalue weighted by atomic mass is 19.1. The van der Waals surface area contributed by atoms with Crippen LogP contribution in [0, 0.1) is 19.7 Å². The molecule has 0 radical (unpaired) electrons. The number of methoxy groups -OCH3 is 1. The maximum absolute atomic E-state index is 14.0. The summed E-state index contributed by atoms with van der Waals surface area (Å²) in [5, 5.41) is 0. The second-order valence-corrected chi connectivity index (χ2v) is 4.66. The van der Waals surface area contributed by atoms with Crippen LogP contribution in [0.1, 0.15) is 17.5 Å². The number of hydrogen-bond donors (Lipinski definition) is 0. The molecule has 1 heterocycles. The van der Waals surface area contributed by atoms with Gasteiger partial charge in [-0.05, 0) is 31.4 Å². The van der Waals surface area contributed by atoms with E-state index in [4.69, 9.17) is 4.74 Å². The largest absolute Gasteiger partial charge is 0.385 e. The molecule has 0 unspecified atom stereocenters. The van der Waals surface area contributed by atoms with E-state index in [1.165, 1.54) is 0 Å². The monoisotopic (exact) mass is 262 g/mol. The smallest absolute Gasteiger partial charge is 0.140 e. The van der Waals surface area contributed by atoms with E-state index in [0.29, 0.717) is 17.7 Å². The fourth-order valence-electron chi connectivity index (χ4n) is 2.18. The summed E-state index contributed by atoms with van der Waals surface area (Å²) in [7, 11) is 1.69. The Labute approximate surface area is 113 Å². The molecule has 0 saturated heterocycles. The van der Waals surface area contributed by atoms with Crippen molar-refractivity contribution < 1.29 is 9.13 Å². The Morgan fingerprint density at radius 3 is 2.84 bits per heavy atom. The van der Waals surface area contributed by atoms with Gasteiger partial charge in [0.1, 0.15) is 11.6 Å². The number of aryl methyl sites for hydroxylation is 2. The quantitative estimate of drug-likeness (QED) is 0.773. The standard InChI is InChI=1S/C15H19FN2O/c1-11-5-6-13(12(2)14(11)16)15-17-7-9-18(15)8-4-10-19-3/h5-7,9H,4,8,10H2,1-3H3. The Morgan fingerprint density at radius 1 is 1.32 bits per heavy atom. The predicted octanol–water partition coefficient (Wildman–Crippen LogP) is 3.34. The van der Waals surface area contributed by atoms with Crippen LogP contribution in [0.15, 0.2) is 24.5 Å². The normalized spacial score (nSPS) is 10.9. The van der Waals surface area contributed by atoms with Crippen LogP contribution >= 0.6 is 0 Å². The number of rotatable bonds is 5. The average Bonchev–Trinajstić information content (AvgIpc) is 2.85. The minimum Gasteiger partial charge on any atom is -0.385 e. The zero-order chi connectivity index (χ0) is 13.8. The third-order valence-electron chi connectivity index (χ3n) is 3.28. The molecule has 0 amide bonds. The van der Waals surface area contributed by atoms with Gasteiger partial charge in [-0.3, -0.25) is 0 Å². The van der Waals surface area contributed by atoms with Gasteiger partial charge < -0.3 is 9.30 Å². The van der Waals surface area contributed by atoms with Crippen LogP contribution in [-0.4, -0.2) is 23.3 Å². The van der Waals surface area contributed by atoms with Gasteiger partial charge in [-0.1, -0.05) is 12.1 Å². The molecule has 0 saturated carbocycles. The lowest BCUT2D eigenvalue weighted by atomic mass is 10.0. The minimum absolute atomic E-state index is 0.149. The van der Waals surface area contributed by atoms with E-state index in [1.807, 2.05) is 16.8 Å². The average molecular weight is 262 g/mol. The van der Waals surface area contributed by atoms with Gasteiger partial charge in [0.05, 0.1) is 0 Å². The maximum Gasteiger partial charge on any atom is 0.140 e. The van der Waals surface area contributed by atoms with Crippen LogP contribution in [0.4, 0.5) is 4.39 Å². The highest BCUT2D eigenvalue weighted by Gasteiger charge is 2.12. The molecule has 1 aromatic heterocycles. The van der Waals surface area contributed by atoms with E-state index >= 15 is 0 Å². The number of imidazole rings is 1. The molecule has 0 bridgehead atoms. The summed E-state index contributed by atoms with van der Waals surface area (Å²) in [6.45, 7) is 5.10. The first-order valence-electron chi connectivity index (χ1n) is 6.41. The van der Waals surface area contributed by atoms with Gasteiger partial charge in [0.2, 0.25) is 0 Å². The third kappa shape index (κ3) is 2.84. The van der Waals surface area contributed by atoms with Gasteiger partial charge in [-0.15, -0.1) is 0 Å². The first kappa shape index (κ1) is 13.7. The zero-order valence-corrected chi connectivity index (χ0v) is 11.6. The van der Waals surface area contributed by atoms with Crippen molar-refractivity contribution in [2.24, 2.45) is 0 Å². The van der Waals surface area contributed by atoms with E-state index in [1.54, 1.807) is 33.2 Å². The number of benzene rings is 1. The molecule has 0 N–H and O–H groups in total. The van der Waals surface area contributed by atoms with Crippen LogP contribution in [0.25, 0.3) is 11.4 Å². The second-order valence-electron chi connectivity index (χ2n) is 4.66. The van der Waals surface area contributed by atoms with Crippen molar-refractivity contribution in [3.63, 3.8) is 0 Å². The predicted molar refractivity (Wildman–Crippen MR) is 73.6 cm³/mol. The summed E-state index contributed by atoms with van der Waals surface area (Å²) >= 11 is 0. The van der Waals surface area contributed by atoms with Gasteiger partial charge in [0.25, 0.3) is 0 Å². The van der Waals surface area contributed by atoms with Crippen LogP contribution in [0.5, 0.6) is 0 Å². The fourth-order valence-corrected chi connectivity index (χ4v) is 2.18. The minimum atomic E-state index is -0.149. The number of ether oxygens (including phenoxy) is 1. The zero-order valence-electron chi connectivity index (χ0n) is 11.6. The van der Waals surface area contributed by atoms with Gasteiger partial charge >= 0.3 is 0 Å². The molecule has 0 fully saturated rings. The molecule has 19 heavy (non-hydrogen) atoms. The lowest BCUT2D eigenvalue weighted by molar-refractivity contribution is 0.190. The highest BCUT2D eigenvalue weighted by Crippen LogP contribution is 2.25. The maximum atomic E-state index is 14.0. The van der Waals surface area contributed by atoms with Crippen molar-refractivity contribution in [3.8, 4) is 11.4 Å². The summed E-state index contributed by atoms with van der Waals surface area (Å²) in [5.41, 5.74) is 2.17. The van der Waals surface area contributed by atoms with Gasteiger partial charge in [0.15, 0.2) is 0 Å². The molecular weight excluding hydrogens is 243 g/mol. The number of hydrogen-bond acceptors (Lipinski definition) is 2. The molecule has 0 spiro atoms. The molecule has 2 rings (SSSR count). The number of aromatic nitrogens is 2. The SMILES string of the molecule is COCCCn1ccnc1-c1ccc(C)c(F)c1C.